The van der Waals surface area contributed by atoms with Crippen LogP contribution in [0.25, 0.3) is 10.9 Å². The highest BCUT2D eigenvalue weighted by Crippen LogP contribution is 2.33. The van der Waals surface area contributed by atoms with Crippen LogP contribution in [-0.4, -0.2) is 66.6 Å². The van der Waals surface area contributed by atoms with E-state index in [0.29, 0.717) is 16.5 Å². The zero-order valence-electron chi connectivity index (χ0n) is 19.2. The third-order valence-corrected chi connectivity index (χ3v) is 7.79. The van der Waals surface area contributed by atoms with Gasteiger partial charge in [-0.15, -0.1) is 0 Å². The van der Waals surface area contributed by atoms with Crippen LogP contribution in [0.4, 0.5) is 15.8 Å². The van der Waals surface area contributed by atoms with Gasteiger partial charge in [-0.25, -0.2) is 4.39 Å². The Morgan fingerprint density at radius 2 is 1.70 bits per heavy atom. The largest absolute Gasteiger partial charge is 0.368 e. The molecule has 0 saturated carbocycles. The molecular weight excluding hydrogens is 435 g/mol. The molecule has 3 heterocycles. The molecule has 5 rings (SSSR count). The van der Waals surface area contributed by atoms with Gasteiger partial charge in [0.25, 0.3) is 5.91 Å². The SMILES string of the molecule is Cc1cccc(N2CCN(c3c(C(=O)N4CCSCC4)cnc4ccc(F)cc34)CC2)c1C. The molecule has 0 atom stereocenters. The van der Waals surface area contributed by atoms with E-state index in [2.05, 4.69) is 46.8 Å². The molecule has 2 aliphatic heterocycles. The maximum atomic E-state index is 14.3. The highest BCUT2D eigenvalue weighted by atomic mass is 32.2. The number of hydrogen-bond acceptors (Lipinski definition) is 5. The number of rotatable bonds is 3. The highest BCUT2D eigenvalue weighted by molar-refractivity contribution is 7.99. The molecule has 2 fully saturated rings. The van der Waals surface area contributed by atoms with Crippen molar-refractivity contribution >= 4 is 39.9 Å². The second-order valence-electron chi connectivity index (χ2n) is 8.78. The second-order valence-corrected chi connectivity index (χ2v) is 10.0. The molecule has 0 aliphatic carbocycles. The van der Waals surface area contributed by atoms with Crippen LogP contribution in [0.1, 0.15) is 21.5 Å². The molecule has 172 valence electrons. The molecule has 0 radical (unpaired) electrons. The van der Waals surface area contributed by atoms with E-state index in [-0.39, 0.29) is 11.7 Å². The Morgan fingerprint density at radius 1 is 0.970 bits per heavy atom. The van der Waals surface area contributed by atoms with Crippen LogP contribution < -0.4 is 9.80 Å². The fraction of sp³-hybridized carbons (Fsp3) is 0.385. The number of anilines is 2. The predicted octanol–water partition coefficient (Wildman–Crippen LogP) is 4.51. The van der Waals surface area contributed by atoms with Crippen molar-refractivity contribution in [1.29, 1.82) is 0 Å². The average Bonchev–Trinajstić information content (AvgIpc) is 2.85. The van der Waals surface area contributed by atoms with Crippen molar-refractivity contribution in [3.63, 3.8) is 0 Å². The standard InChI is InChI=1S/C26H29FN4OS/c1-18-4-3-5-24(19(18)2)29-8-10-30(11-9-29)25-21-16-20(27)6-7-23(21)28-17-22(25)26(32)31-12-14-33-15-13-31/h3-7,16-17H,8-15H2,1-2H3. The number of fused-ring (bicyclic) bond motifs is 1. The Balaban J connectivity index is 1.49. The van der Waals surface area contributed by atoms with Gasteiger partial charge in [0.1, 0.15) is 5.82 Å². The maximum Gasteiger partial charge on any atom is 0.257 e. The zero-order chi connectivity index (χ0) is 22.9. The number of aryl methyl sites for hydroxylation is 1. The monoisotopic (exact) mass is 464 g/mol. The average molecular weight is 465 g/mol. The van der Waals surface area contributed by atoms with Crippen molar-refractivity contribution in [2.45, 2.75) is 13.8 Å². The molecule has 2 aromatic carbocycles. The number of amides is 1. The summed E-state index contributed by atoms with van der Waals surface area (Å²) in [5.41, 5.74) is 5.99. The first kappa shape index (κ1) is 22.0. The predicted molar refractivity (Wildman–Crippen MR) is 135 cm³/mol. The van der Waals surface area contributed by atoms with Gasteiger partial charge in [-0.3, -0.25) is 9.78 Å². The number of halogens is 1. The zero-order valence-corrected chi connectivity index (χ0v) is 20.0. The number of carbonyl (C=O) groups excluding carboxylic acids is 1. The summed E-state index contributed by atoms with van der Waals surface area (Å²) in [5.74, 6) is 1.59. The lowest BCUT2D eigenvalue weighted by molar-refractivity contribution is 0.0772. The summed E-state index contributed by atoms with van der Waals surface area (Å²) in [6.07, 6.45) is 1.69. The summed E-state index contributed by atoms with van der Waals surface area (Å²) in [7, 11) is 0. The second kappa shape index (κ2) is 9.21. The number of piperazine rings is 1. The number of benzene rings is 2. The van der Waals surface area contributed by atoms with E-state index in [1.165, 1.54) is 28.9 Å². The molecule has 2 saturated heterocycles. The first-order chi connectivity index (χ1) is 16.0. The van der Waals surface area contributed by atoms with Crippen molar-refractivity contribution in [2.75, 3.05) is 60.6 Å². The van der Waals surface area contributed by atoms with Crippen LogP contribution in [0.3, 0.4) is 0 Å². The summed E-state index contributed by atoms with van der Waals surface area (Å²) in [6.45, 7) is 9.01. The first-order valence-electron chi connectivity index (χ1n) is 11.5. The molecule has 33 heavy (non-hydrogen) atoms. The molecule has 5 nitrogen and oxygen atoms in total. The van der Waals surface area contributed by atoms with Crippen molar-refractivity contribution < 1.29 is 9.18 Å². The third kappa shape index (κ3) is 4.26. The van der Waals surface area contributed by atoms with Crippen LogP contribution in [0.2, 0.25) is 0 Å². The lowest BCUT2D eigenvalue weighted by Crippen LogP contribution is -2.47. The first-order valence-corrected chi connectivity index (χ1v) is 12.7. The lowest BCUT2D eigenvalue weighted by Gasteiger charge is -2.39. The van der Waals surface area contributed by atoms with E-state index in [1.807, 2.05) is 16.7 Å². The molecule has 0 N–H and O–H groups in total. The van der Waals surface area contributed by atoms with E-state index in [1.54, 1.807) is 12.3 Å². The van der Waals surface area contributed by atoms with Gasteiger partial charge >= 0.3 is 0 Å². The number of hydrogen-bond donors (Lipinski definition) is 0. The smallest absolute Gasteiger partial charge is 0.257 e. The molecule has 0 bridgehead atoms. The Kier molecular flexibility index (Phi) is 6.15. The quantitative estimate of drug-likeness (QED) is 0.571. The van der Waals surface area contributed by atoms with Gasteiger partial charge in [0.05, 0.1) is 16.8 Å². The fourth-order valence-electron chi connectivity index (χ4n) is 4.83. The van der Waals surface area contributed by atoms with Crippen LogP contribution in [-0.2, 0) is 0 Å². The molecule has 1 aromatic heterocycles. The molecule has 3 aromatic rings. The minimum Gasteiger partial charge on any atom is -0.368 e. The summed E-state index contributed by atoms with van der Waals surface area (Å²) in [4.78, 5) is 24.6. The van der Waals surface area contributed by atoms with Crippen molar-refractivity contribution in [3.8, 4) is 0 Å². The number of nitrogens with zero attached hydrogens (tertiary/aromatic N) is 4. The van der Waals surface area contributed by atoms with Crippen LogP contribution in [0.15, 0.2) is 42.6 Å². The van der Waals surface area contributed by atoms with Crippen LogP contribution in [0.5, 0.6) is 0 Å². The van der Waals surface area contributed by atoms with Gasteiger partial charge in [0.15, 0.2) is 0 Å². The van der Waals surface area contributed by atoms with Gasteiger partial charge in [0.2, 0.25) is 0 Å². The Labute approximate surface area is 198 Å². The van der Waals surface area contributed by atoms with Crippen LogP contribution in [0, 0.1) is 19.7 Å². The topological polar surface area (TPSA) is 39.7 Å². The molecule has 1 amide bonds. The summed E-state index contributed by atoms with van der Waals surface area (Å²) in [5, 5.41) is 0.715. The van der Waals surface area contributed by atoms with E-state index in [9.17, 15) is 9.18 Å². The Bertz CT molecular complexity index is 1190. The Morgan fingerprint density at radius 3 is 2.45 bits per heavy atom. The molecular formula is C26H29FN4OS. The molecule has 7 heteroatoms. The Hall–Kier alpha value is -2.80. The van der Waals surface area contributed by atoms with Crippen molar-refractivity contribution in [1.82, 2.24) is 9.88 Å². The van der Waals surface area contributed by atoms with E-state index < -0.39 is 0 Å². The fourth-order valence-corrected chi connectivity index (χ4v) is 5.74. The summed E-state index contributed by atoms with van der Waals surface area (Å²) >= 11 is 1.87. The number of aromatic nitrogens is 1. The minimum absolute atomic E-state index is 0.000851. The molecule has 2 aliphatic rings. The lowest BCUT2D eigenvalue weighted by atomic mass is 10.0. The third-order valence-electron chi connectivity index (χ3n) is 6.84. The van der Waals surface area contributed by atoms with Crippen molar-refractivity contribution in [3.05, 3.63) is 65.1 Å². The minimum atomic E-state index is -0.307. The van der Waals surface area contributed by atoms with E-state index >= 15 is 0 Å². The maximum absolute atomic E-state index is 14.3. The highest BCUT2D eigenvalue weighted by Gasteiger charge is 2.28. The van der Waals surface area contributed by atoms with Gasteiger partial charge in [-0.05, 0) is 49.2 Å². The number of pyridine rings is 1. The number of thioether (sulfide) groups is 1. The molecule has 0 spiro atoms. The van der Waals surface area contributed by atoms with Gasteiger partial charge in [-0.1, -0.05) is 12.1 Å². The van der Waals surface area contributed by atoms with Gasteiger partial charge < -0.3 is 14.7 Å². The van der Waals surface area contributed by atoms with Gasteiger partial charge in [-0.2, -0.15) is 11.8 Å². The van der Waals surface area contributed by atoms with E-state index in [4.69, 9.17) is 0 Å². The van der Waals surface area contributed by atoms with Gasteiger partial charge in [0, 0.05) is 68.0 Å². The van der Waals surface area contributed by atoms with Crippen LogP contribution >= 0.6 is 11.8 Å². The summed E-state index contributed by atoms with van der Waals surface area (Å²) < 4.78 is 14.3. The molecule has 0 unspecified atom stereocenters. The number of carbonyl (C=O) groups is 1. The summed E-state index contributed by atoms with van der Waals surface area (Å²) in [6, 6.07) is 11.1. The van der Waals surface area contributed by atoms with Crippen molar-refractivity contribution in [2.24, 2.45) is 0 Å². The van der Waals surface area contributed by atoms with E-state index in [0.717, 1.165) is 56.5 Å². The normalized spacial score (nSPS) is 17.0.